The van der Waals surface area contributed by atoms with Gasteiger partial charge in [-0.25, -0.2) is 0 Å². The van der Waals surface area contributed by atoms with E-state index in [1.165, 1.54) is 0 Å². The van der Waals surface area contributed by atoms with Gasteiger partial charge in [0.25, 0.3) is 0 Å². The molecular weight excluding hydrogens is 405 g/mol. The Morgan fingerprint density at radius 3 is 1.90 bits per heavy atom. The smallest absolute Gasteiger partial charge is 0.211 e. The number of halogens is 2. The molecule has 0 bridgehead atoms. The topological polar surface area (TPSA) is 89.1 Å². The summed E-state index contributed by atoms with van der Waals surface area (Å²) >= 11 is 6.15. The van der Waals surface area contributed by atoms with E-state index in [1.807, 2.05) is 66.9 Å². The second-order valence-corrected chi connectivity index (χ2v) is 6.48. The van der Waals surface area contributed by atoms with E-state index < -0.39 is 0 Å². The lowest BCUT2D eigenvalue weighted by Crippen LogP contribution is -2.21. The molecule has 0 heterocycles. The Balaban J connectivity index is 0.00000300. The highest BCUT2D eigenvalue weighted by molar-refractivity contribution is 6.31. The van der Waals surface area contributed by atoms with Crippen molar-refractivity contribution in [2.45, 2.75) is 6.54 Å². The van der Waals surface area contributed by atoms with E-state index in [-0.39, 0.29) is 18.4 Å². The van der Waals surface area contributed by atoms with Gasteiger partial charge in [0.1, 0.15) is 0 Å². The number of aliphatic imine (C=N–C) groups is 1. The van der Waals surface area contributed by atoms with E-state index in [9.17, 15) is 0 Å². The third kappa shape index (κ3) is 6.75. The molecular formula is C22H21Cl2N5. The fourth-order valence-electron chi connectivity index (χ4n) is 2.56. The summed E-state index contributed by atoms with van der Waals surface area (Å²) in [6, 6.07) is 23.9. The molecule has 0 saturated carbocycles. The van der Waals surface area contributed by atoms with Crippen molar-refractivity contribution in [3.05, 3.63) is 94.5 Å². The second kappa shape index (κ2) is 11.0. The lowest BCUT2D eigenvalue weighted by Gasteiger charge is -2.03. The molecule has 148 valence electrons. The molecule has 0 saturated heterocycles. The number of hydrogen-bond donors (Lipinski definition) is 2. The van der Waals surface area contributed by atoms with Crippen LogP contribution in [0.15, 0.2) is 88.0 Å². The highest BCUT2D eigenvalue weighted by Gasteiger charge is 1.99. The third-order valence-electron chi connectivity index (χ3n) is 3.99. The molecule has 0 radical (unpaired) electrons. The molecule has 0 aliphatic rings. The summed E-state index contributed by atoms with van der Waals surface area (Å²) in [5.74, 6) is -0.0663. The van der Waals surface area contributed by atoms with Crippen molar-refractivity contribution in [2.24, 2.45) is 26.7 Å². The standard InChI is InChI=1S/C22H20ClN5.ClH/c23-21-4-2-1-3-20(21)15-26-13-16-5-9-18(10-6-16)19-11-7-17(8-12-19)14-27-28-22(24)25;/h1-14H,15H2,(H4,24,25,28);1H/b26-13?,27-14+;. The van der Waals surface area contributed by atoms with E-state index >= 15 is 0 Å². The fraction of sp³-hybridized carbons (Fsp3) is 0.0455. The van der Waals surface area contributed by atoms with Crippen molar-refractivity contribution in [3.63, 3.8) is 0 Å². The zero-order valence-corrected chi connectivity index (χ0v) is 17.1. The minimum Gasteiger partial charge on any atom is -0.369 e. The first-order valence-corrected chi connectivity index (χ1v) is 9.05. The summed E-state index contributed by atoms with van der Waals surface area (Å²) in [6.45, 7) is 0.560. The fourth-order valence-corrected chi connectivity index (χ4v) is 2.76. The monoisotopic (exact) mass is 425 g/mol. The van der Waals surface area contributed by atoms with Crippen LogP contribution < -0.4 is 11.5 Å². The molecule has 3 rings (SSSR count). The first kappa shape index (κ1) is 22.1. The third-order valence-corrected chi connectivity index (χ3v) is 4.36. The average Bonchev–Trinajstić information content (AvgIpc) is 2.70. The maximum absolute atomic E-state index is 6.15. The van der Waals surface area contributed by atoms with Crippen LogP contribution in [0.25, 0.3) is 11.1 Å². The van der Waals surface area contributed by atoms with Crippen LogP contribution in [-0.2, 0) is 6.54 Å². The van der Waals surface area contributed by atoms with Gasteiger partial charge in [0, 0.05) is 11.2 Å². The second-order valence-electron chi connectivity index (χ2n) is 6.07. The first-order chi connectivity index (χ1) is 13.6. The van der Waals surface area contributed by atoms with Gasteiger partial charge < -0.3 is 11.5 Å². The van der Waals surface area contributed by atoms with Crippen molar-refractivity contribution < 1.29 is 0 Å². The predicted octanol–water partition coefficient (Wildman–Crippen LogP) is 4.66. The Morgan fingerprint density at radius 1 is 0.793 bits per heavy atom. The minimum atomic E-state index is -0.0663. The van der Waals surface area contributed by atoms with Gasteiger partial charge >= 0.3 is 0 Å². The van der Waals surface area contributed by atoms with Gasteiger partial charge in [-0.15, -0.1) is 17.5 Å². The van der Waals surface area contributed by atoms with Gasteiger partial charge in [-0.1, -0.05) is 78.3 Å². The molecule has 0 amide bonds. The molecule has 0 atom stereocenters. The highest BCUT2D eigenvalue weighted by atomic mass is 35.5. The lowest BCUT2D eigenvalue weighted by atomic mass is 10.0. The van der Waals surface area contributed by atoms with Crippen molar-refractivity contribution in [1.29, 1.82) is 0 Å². The molecule has 0 fully saturated rings. The van der Waals surface area contributed by atoms with Crippen molar-refractivity contribution >= 4 is 42.4 Å². The van der Waals surface area contributed by atoms with E-state index in [0.717, 1.165) is 32.8 Å². The summed E-state index contributed by atoms with van der Waals surface area (Å²) in [5.41, 5.74) is 15.7. The van der Waals surface area contributed by atoms with Crippen LogP contribution in [-0.4, -0.2) is 18.4 Å². The van der Waals surface area contributed by atoms with Gasteiger partial charge in [0.05, 0.1) is 12.8 Å². The summed E-state index contributed by atoms with van der Waals surface area (Å²) in [4.78, 5) is 4.48. The quantitative estimate of drug-likeness (QED) is 0.341. The van der Waals surface area contributed by atoms with Crippen LogP contribution in [0.1, 0.15) is 16.7 Å². The maximum atomic E-state index is 6.15. The Labute approximate surface area is 181 Å². The molecule has 29 heavy (non-hydrogen) atoms. The highest BCUT2D eigenvalue weighted by Crippen LogP contribution is 2.20. The van der Waals surface area contributed by atoms with Crippen molar-refractivity contribution in [2.75, 3.05) is 0 Å². The molecule has 3 aromatic rings. The van der Waals surface area contributed by atoms with Crippen molar-refractivity contribution in [1.82, 2.24) is 0 Å². The largest absolute Gasteiger partial charge is 0.369 e. The first-order valence-electron chi connectivity index (χ1n) is 8.67. The van der Waals surface area contributed by atoms with E-state index in [1.54, 1.807) is 6.21 Å². The van der Waals surface area contributed by atoms with Gasteiger partial charge in [-0.3, -0.25) is 4.99 Å². The van der Waals surface area contributed by atoms with Gasteiger partial charge in [-0.2, -0.15) is 5.10 Å². The summed E-state index contributed by atoms with van der Waals surface area (Å²) in [6.07, 6.45) is 3.46. The number of rotatable bonds is 6. The maximum Gasteiger partial charge on any atom is 0.211 e. The molecule has 0 unspecified atom stereocenters. The molecule has 0 aromatic heterocycles. The normalized spacial score (nSPS) is 10.8. The Bertz CT molecular complexity index is 1010. The zero-order chi connectivity index (χ0) is 19.8. The van der Waals surface area contributed by atoms with Crippen LogP contribution in [0.5, 0.6) is 0 Å². The van der Waals surface area contributed by atoms with Crippen LogP contribution in [0.4, 0.5) is 0 Å². The molecule has 0 spiro atoms. The Morgan fingerprint density at radius 2 is 1.34 bits per heavy atom. The summed E-state index contributed by atoms with van der Waals surface area (Å²) < 4.78 is 0. The number of guanidine groups is 1. The predicted molar refractivity (Wildman–Crippen MR) is 125 cm³/mol. The van der Waals surface area contributed by atoms with Crippen LogP contribution in [0.3, 0.4) is 0 Å². The van der Waals surface area contributed by atoms with Gasteiger partial charge in [-0.05, 0) is 33.9 Å². The number of nitrogens with two attached hydrogens (primary N) is 2. The number of benzene rings is 3. The molecule has 4 N–H and O–H groups in total. The van der Waals surface area contributed by atoms with Gasteiger partial charge in [0.2, 0.25) is 5.96 Å². The minimum absolute atomic E-state index is 0. The van der Waals surface area contributed by atoms with Crippen LogP contribution >= 0.6 is 24.0 Å². The number of nitrogens with zero attached hydrogens (tertiary/aromatic N) is 3. The SMILES string of the molecule is Cl.NC(N)=N/N=C/c1ccc(-c2ccc(C=NCc3ccccc3Cl)cc2)cc1. The lowest BCUT2D eigenvalue weighted by molar-refractivity contribution is 1.08. The summed E-state index contributed by atoms with van der Waals surface area (Å²) in [5, 5.41) is 8.12. The zero-order valence-electron chi connectivity index (χ0n) is 15.6. The number of hydrogen-bond acceptors (Lipinski definition) is 3. The van der Waals surface area contributed by atoms with E-state index in [2.05, 4.69) is 27.3 Å². The average molecular weight is 426 g/mol. The van der Waals surface area contributed by atoms with E-state index in [0.29, 0.717) is 6.54 Å². The molecule has 0 aliphatic heterocycles. The Kier molecular flexibility index (Phi) is 8.40. The molecule has 5 nitrogen and oxygen atoms in total. The van der Waals surface area contributed by atoms with Crippen LogP contribution in [0.2, 0.25) is 5.02 Å². The summed E-state index contributed by atoms with van der Waals surface area (Å²) in [7, 11) is 0. The Hall–Kier alpha value is -3.15. The van der Waals surface area contributed by atoms with E-state index in [4.69, 9.17) is 23.1 Å². The van der Waals surface area contributed by atoms with Gasteiger partial charge in [0.15, 0.2) is 0 Å². The molecule has 3 aromatic carbocycles. The molecule has 7 heteroatoms. The van der Waals surface area contributed by atoms with Crippen molar-refractivity contribution in [3.8, 4) is 11.1 Å². The van der Waals surface area contributed by atoms with Crippen LogP contribution in [0, 0.1) is 0 Å². The molecule has 0 aliphatic carbocycles.